The molecule has 2 heterocycles. The second-order valence-corrected chi connectivity index (χ2v) is 5.60. The highest BCUT2D eigenvalue weighted by Gasteiger charge is 2.19. The highest BCUT2D eigenvalue weighted by Crippen LogP contribution is 2.30. The molecule has 1 aromatic heterocycles. The molecule has 1 unspecified atom stereocenters. The maximum Gasteiger partial charge on any atom is 0.269 e. The van der Waals surface area contributed by atoms with Crippen LogP contribution in [0, 0.1) is 6.92 Å². The number of nitrogens with zero attached hydrogens (tertiary/aromatic N) is 2. The molecule has 0 saturated heterocycles. The van der Waals surface area contributed by atoms with E-state index < -0.39 is 0 Å². The molecule has 1 aliphatic rings. The van der Waals surface area contributed by atoms with Crippen LogP contribution in [-0.4, -0.2) is 35.6 Å². The first kappa shape index (κ1) is 15.6. The number of fused-ring (bicyclic) bond motifs is 1. The molecule has 0 fully saturated rings. The van der Waals surface area contributed by atoms with E-state index in [4.69, 9.17) is 9.47 Å². The van der Waals surface area contributed by atoms with E-state index >= 15 is 0 Å². The summed E-state index contributed by atoms with van der Waals surface area (Å²) < 4.78 is 13.1. The van der Waals surface area contributed by atoms with Crippen molar-refractivity contribution in [3.8, 4) is 11.5 Å². The maximum atomic E-state index is 11.8. The van der Waals surface area contributed by atoms with Gasteiger partial charge in [-0.3, -0.25) is 4.79 Å². The Morgan fingerprint density at radius 1 is 1.30 bits per heavy atom. The van der Waals surface area contributed by atoms with E-state index in [1.807, 2.05) is 24.3 Å². The Bertz CT molecular complexity index is 714. The fourth-order valence-electron chi connectivity index (χ4n) is 2.49. The summed E-state index contributed by atoms with van der Waals surface area (Å²) in [6.07, 6.45) is 2.50. The number of rotatable bonds is 6. The molecule has 6 nitrogen and oxygen atoms in total. The van der Waals surface area contributed by atoms with E-state index in [0.717, 1.165) is 30.0 Å². The molecule has 3 rings (SSSR count). The summed E-state index contributed by atoms with van der Waals surface area (Å²) in [5, 5.41) is 7.43. The minimum Gasteiger partial charge on any atom is -0.486 e. The van der Waals surface area contributed by atoms with Crippen LogP contribution < -0.4 is 20.3 Å². The normalized spacial score (nSPS) is 16.3. The first-order valence-electron chi connectivity index (χ1n) is 7.86. The van der Waals surface area contributed by atoms with Crippen LogP contribution in [0.2, 0.25) is 0 Å². The molecule has 122 valence electrons. The fourth-order valence-corrected chi connectivity index (χ4v) is 2.49. The third-order valence-corrected chi connectivity index (χ3v) is 3.77. The third-order valence-electron chi connectivity index (χ3n) is 3.77. The first-order valence-corrected chi connectivity index (χ1v) is 7.86. The Kier molecular flexibility index (Phi) is 4.92. The van der Waals surface area contributed by atoms with Gasteiger partial charge in [-0.25, -0.2) is 4.68 Å². The van der Waals surface area contributed by atoms with Gasteiger partial charge < -0.3 is 14.8 Å². The van der Waals surface area contributed by atoms with Crippen molar-refractivity contribution in [2.45, 2.75) is 26.0 Å². The summed E-state index contributed by atoms with van der Waals surface area (Å²) in [5.41, 5.74) is 0.701. The Morgan fingerprint density at radius 3 is 3.00 bits per heavy atom. The van der Waals surface area contributed by atoms with Gasteiger partial charge in [0, 0.05) is 24.8 Å². The van der Waals surface area contributed by atoms with Crippen molar-refractivity contribution in [2.24, 2.45) is 0 Å². The predicted molar refractivity (Wildman–Crippen MR) is 87.1 cm³/mol. The van der Waals surface area contributed by atoms with Crippen LogP contribution >= 0.6 is 0 Å². The monoisotopic (exact) mass is 315 g/mol. The van der Waals surface area contributed by atoms with Gasteiger partial charge >= 0.3 is 0 Å². The molecule has 0 aliphatic carbocycles. The van der Waals surface area contributed by atoms with Crippen molar-refractivity contribution in [3.63, 3.8) is 0 Å². The number of hydrogen-bond acceptors (Lipinski definition) is 5. The minimum atomic E-state index is -0.0203. The third kappa shape index (κ3) is 3.90. The molecule has 2 aromatic rings. The molecule has 0 spiro atoms. The second kappa shape index (κ2) is 7.28. The highest BCUT2D eigenvalue weighted by atomic mass is 16.6. The van der Waals surface area contributed by atoms with Gasteiger partial charge in [-0.1, -0.05) is 12.1 Å². The van der Waals surface area contributed by atoms with Crippen LogP contribution in [0.15, 0.2) is 41.3 Å². The van der Waals surface area contributed by atoms with Crippen LogP contribution in [0.25, 0.3) is 0 Å². The molecule has 1 N–H and O–H groups in total. The van der Waals surface area contributed by atoms with E-state index in [-0.39, 0.29) is 11.7 Å². The molecule has 0 amide bonds. The number of hydrogen-bond donors (Lipinski definition) is 1. The summed E-state index contributed by atoms with van der Waals surface area (Å²) in [6, 6.07) is 9.42. The number of nitrogens with one attached hydrogen (secondary N) is 1. The predicted octanol–water partition coefficient (Wildman–Crippen LogP) is 1.37. The number of para-hydroxylation sites is 2. The Morgan fingerprint density at radius 2 is 2.13 bits per heavy atom. The van der Waals surface area contributed by atoms with Gasteiger partial charge in [0.05, 0.1) is 0 Å². The summed E-state index contributed by atoms with van der Waals surface area (Å²) in [6.45, 7) is 4.46. The van der Waals surface area contributed by atoms with Crippen molar-refractivity contribution >= 4 is 0 Å². The van der Waals surface area contributed by atoms with Crippen molar-refractivity contribution in [1.29, 1.82) is 0 Å². The summed E-state index contributed by atoms with van der Waals surface area (Å²) in [4.78, 5) is 11.8. The first-order chi connectivity index (χ1) is 11.2. The number of aromatic nitrogens is 2. The van der Waals surface area contributed by atoms with Gasteiger partial charge in [0.25, 0.3) is 5.56 Å². The summed E-state index contributed by atoms with van der Waals surface area (Å²) in [5.74, 6) is 1.59. The molecule has 1 atom stereocenters. The number of ether oxygens (including phenoxy) is 2. The molecule has 1 aliphatic heterocycles. The van der Waals surface area contributed by atoms with Gasteiger partial charge in [-0.2, -0.15) is 5.10 Å². The lowest BCUT2D eigenvalue weighted by Crippen LogP contribution is -2.39. The number of benzene rings is 1. The lowest BCUT2D eigenvalue weighted by molar-refractivity contribution is 0.0904. The lowest BCUT2D eigenvalue weighted by Gasteiger charge is -2.26. The summed E-state index contributed by atoms with van der Waals surface area (Å²) in [7, 11) is 0. The average molecular weight is 315 g/mol. The van der Waals surface area contributed by atoms with Gasteiger partial charge in [0.1, 0.15) is 12.7 Å². The second-order valence-electron chi connectivity index (χ2n) is 5.60. The minimum absolute atomic E-state index is 0.00437. The lowest BCUT2D eigenvalue weighted by atomic mass is 10.2. The van der Waals surface area contributed by atoms with Gasteiger partial charge in [0.2, 0.25) is 0 Å². The van der Waals surface area contributed by atoms with Crippen LogP contribution in [0.4, 0.5) is 0 Å². The standard InChI is InChI=1S/C17H21N3O3/c1-13-7-9-19-20(17(13)21)10-4-8-18-11-14-12-22-15-5-2-3-6-16(15)23-14/h2-3,5-7,9,14,18H,4,8,10-12H2,1H3. The smallest absolute Gasteiger partial charge is 0.269 e. The van der Waals surface area contributed by atoms with E-state index in [0.29, 0.717) is 19.7 Å². The van der Waals surface area contributed by atoms with E-state index in [1.165, 1.54) is 4.68 Å². The van der Waals surface area contributed by atoms with E-state index in [1.54, 1.807) is 19.2 Å². The van der Waals surface area contributed by atoms with Crippen molar-refractivity contribution in [2.75, 3.05) is 19.7 Å². The average Bonchev–Trinajstić information content (AvgIpc) is 2.58. The van der Waals surface area contributed by atoms with Crippen molar-refractivity contribution < 1.29 is 9.47 Å². The van der Waals surface area contributed by atoms with E-state index in [2.05, 4.69) is 10.4 Å². The largest absolute Gasteiger partial charge is 0.486 e. The zero-order chi connectivity index (χ0) is 16.1. The van der Waals surface area contributed by atoms with Gasteiger partial charge in [-0.15, -0.1) is 0 Å². The molecule has 0 radical (unpaired) electrons. The Labute approximate surface area is 135 Å². The molecule has 1 aromatic carbocycles. The van der Waals surface area contributed by atoms with Crippen molar-refractivity contribution in [3.05, 3.63) is 52.4 Å². The zero-order valence-electron chi connectivity index (χ0n) is 13.2. The number of aryl methyl sites for hydroxylation is 2. The summed E-state index contributed by atoms with van der Waals surface area (Å²) >= 11 is 0. The van der Waals surface area contributed by atoms with E-state index in [9.17, 15) is 4.79 Å². The highest BCUT2D eigenvalue weighted by molar-refractivity contribution is 5.40. The van der Waals surface area contributed by atoms with Crippen molar-refractivity contribution in [1.82, 2.24) is 15.1 Å². The van der Waals surface area contributed by atoms with Crippen LogP contribution in [0.1, 0.15) is 12.0 Å². The fraction of sp³-hybridized carbons (Fsp3) is 0.412. The molecule has 0 bridgehead atoms. The maximum absolute atomic E-state index is 11.8. The molecular formula is C17H21N3O3. The molecule has 0 saturated carbocycles. The Hall–Kier alpha value is -2.34. The molecule has 23 heavy (non-hydrogen) atoms. The SMILES string of the molecule is Cc1ccnn(CCCNCC2COc3ccccc3O2)c1=O. The topological polar surface area (TPSA) is 65.4 Å². The molecular weight excluding hydrogens is 294 g/mol. The quantitative estimate of drug-likeness (QED) is 0.816. The molecule has 6 heteroatoms. The Balaban J connectivity index is 1.39. The van der Waals surface area contributed by atoms with Gasteiger partial charge in [0.15, 0.2) is 11.5 Å². The van der Waals surface area contributed by atoms with Crippen LogP contribution in [0.3, 0.4) is 0 Å². The van der Waals surface area contributed by atoms with Crippen LogP contribution in [-0.2, 0) is 6.54 Å². The van der Waals surface area contributed by atoms with Gasteiger partial charge in [-0.05, 0) is 38.1 Å². The van der Waals surface area contributed by atoms with Crippen LogP contribution in [0.5, 0.6) is 11.5 Å². The zero-order valence-corrected chi connectivity index (χ0v) is 13.2.